The third-order valence-electron chi connectivity index (χ3n) is 2.32. The first-order chi connectivity index (χ1) is 6.83. The Morgan fingerprint density at radius 2 is 2.29 bits per heavy atom. The molecule has 0 aromatic carbocycles. The maximum atomic E-state index is 4.36. The van der Waals surface area contributed by atoms with Crippen molar-refractivity contribution in [3.63, 3.8) is 0 Å². The van der Waals surface area contributed by atoms with Gasteiger partial charge in [-0.2, -0.15) is 0 Å². The van der Waals surface area contributed by atoms with Crippen molar-refractivity contribution in [3.05, 3.63) is 12.2 Å². The number of rotatable bonds is 2. The van der Waals surface area contributed by atoms with Gasteiger partial charge in [0.1, 0.15) is 11.3 Å². The van der Waals surface area contributed by atoms with E-state index in [1.54, 1.807) is 6.33 Å². The van der Waals surface area contributed by atoms with Crippen molar-refractivity contribution in [2.45, 2.75) is 25.8 Å². The first-order valence-corrected chi connectivity index (χ1v) is 4.77. The molecule has 1 fully saturated rings. The molecule has 0 radical (unpaired) electrons. The van der Waals surface area contributed by atoms with Crippen LogP contribution < -0.4 is 5.32 Å². The maximum Gasteiger partial charge on any atom is 0.183 e. The monoisotopic (exact) mass is 189 g/mol. The van der Waals surface area contributed by atoms with Crippen LogP contribution in [0.15, 0.2) is 6.33 Å². The topological polar surface area (TPSA) is 66.5 Å². The molecule has 5 heteroatoms. The quantitative estimate of drug-likeness (QED) is 0.745. The van der Waals surface area contributed by atoms with E-state index in [1.807, 2.05) is 6.92 Å². The third kappa shape index (κ3) is 1.21. The highest BCUT2D eigenvalue weighted by molar-refractivity contribution is 5.82. The van der Waals surface area contributed by atoms with Gasteiger partial charge in [-0.25, -0.2) is 15.0 Å². The van der Waals surface area contributed by atoms with Crippen LogP contribution in [0.1, 0.15) is 18.7 Å². The Bertz CT molecular complexity index is 471. The first kappa shape index (κ1) is 7.73. The normalized spacial score (nSPS) is 16.1. The summed E-state index contributed by atoms with van der Waals surface area (Å²) in [5.74, 6) is 1.64. The number of aromatic nitrogens is 4. The number of hydrogen-bond donors (Lipinski definition) is 2. The number of anilines is 1. The van der Waals surface area contributed by atoms with Gasteiger partial charge in [-0.1, -0.05) is 0 Å². The molecule has 2 aromatic rings. The van der Waals surface area contributed by atoms with Crippen LogP contribution in [-0.2, 0) is 0 Å². The van der Waals surface area contributed by atoms with Crippen molar-refractivity contribution in [1.82, 2.24) is 19.9 Å². The second kappa shape index (κ2) is 2.67. The van der Waals surface area contributed by atoms with E-state index in [9.17, 15) is 0 Å². The summed E-state index contributed by atoms with van der Waals surface area (Å²) < 4.78 is 0. The fourth-order valence-electron chi connectivity index (χ4n) is 1.47. The molecule has 1 aliphatic rings. The Hall–Kier alpha value is -1.65. The van der Waals surface area contributed by atoms with E-state index in [0.717, 1.165) is 22.8 Å². The predicted molar refractivity (Wildman–Crippen MR) is 53.1 cm³/mol. The highest BCUT2D eigenvalue weighted by atomic mass is 15.1. The van der Waals surface area contributed by atoms with Crippen LogP contribution in [0.5, 0.6) is 0 Å². The minimum Gasteiger partial charge on any atom is -0.365 e. The number of hydrogen-bond acceptors (Lipinski definition) is 4. The van der Waals surface area contributed by atoms with Crippen molar-refractivity contribution in [3.8, 4) is 0 Å². The number of nitrogens with zero attached hydrogens (tertiary/aromatic N) is 3. The van der Waals surface area contributed by atoms with E-state index >= 15 is 0 Å². The van der Waals surface area contributed by atoms with Gasteiger partial charge in [0, 0.05) is 6.04 Å². The summed E-state index contributed by atoms with van der Waals surface area (Å²) in [5.41, 5.74) is 1.64. The number of imidazole rings is 1. The molecule has 3 rings (SSSR count). The average molecular weight is 189 g/mol. The lowest BCUT2D eigenvalue weighted by atomic mass is 10.4. The predicted octanol–water partition coefficient (Wildman–Crippen LogP) is 1.24. The summed E-state index contributed by atoms with van der Waals surface area (Å²) in [6, 6.07) is 0.593. The molecule has 2 aromatic heterocycles. The molecule has 0 atom stereocenters. The number of fused-ring (bicyclic) bond motifs is 1. The zero-order valence-electron chi connectivity index (χ0n) is 7.91. The van der Waals surface area contributed by atoms with Crippen molar-refractivity contribution >= 4 is 17.0 Å². The highest BCUT2D eigenvalue weighted by Crippen LogP contribution is 2.26. The standard InChI is InChI=1S/C9H11N5/c1-5-12-8-7(10-4-11-8)9(13-5)14-6-2-3-6/h4,6H,2-3H2,1H3,(H2,10,11,12,13,14). The van der Waals surface area contributed by atoms with Gasteiger partial charge in [0.25, 0.3) is 0 Å². The second-order valence-corrected chi connectivity index (χ2v) is 3.64. The molecule has 5 nitrogen and oxygen atoms in total. The van der Waals surface area contributed by atoms with Gasteiger partial charge in [0.2, 0.25) is 0 Å². The summed E-state index contributed by atoms with van der Waals surface area (Å²) in [6.07, 6.45) is 4.12. The smallest absolute Gasteiger partial charge is 0.183 e. The van der Waals surface area contributed by atoms with Crippen LogP contribution in [0, 0.1) is 6.92 Å². The van der Waals surface area contributed by atoms with E-state index in [2.05, 4.69) is 25.3 Å². The van der Waals surface area contributed by atoms with Crippen LogP contribution >= 0.6 is 0 Å². The van der Waals surface area contributed by atoms with Gasteiger partial charge in [0.05, 0.1) is 6.33 Å². The lowest BCUT2D eigenvalue weighted by Crippen LogP contribution is -2.05. The Labute approximate surface area is 81.0 Å². The summed E-state index contributed by atoms with van der Waals surface area (Å²) >= 11 is 0. The molecule has 0 spiro atoms. The van der Waals surface area contributed by atoms with E-state index < -0.39 is 0 Å². The molecular weight excluding hydrogens is 178 g/mol. The van der Waals surface area contributed by atoms with E-state index in [1.165, 1.54) is 12.8 Å². The molecule has 1 saturated carbocycles. The summed E-state index contributed by atoms with van der Waals surface area (Å²) in [4.78, 5) is 15.8. The minimum atomic E-state index is 0.593. The zero-order valence-corrected chi connectivity index (χ0v) is 7.91. The van der Waals surface area contributed by atoms with Gasteiger partial charge < -0.3 is 10.3 Å². The molecule has 0 saturated heterocycles. The van der Waals surface area contributed by atoms with Crippen LogP contribution in [0.4, 0.5) is 5.82 Å². The molecular formula is C9H11N5. The fourth-order valence-corrected chi connectivity index (χ4v) is 1.47. The molecule has 0 aliphatic heterocycles. The largest absolute Gasteiger partial charge is 0.365 e. The second-order valence-electron chi connectivity index (χ2n) is 3.64. The van der Waals surface area contributed by atoms with Gasteiger partial charge in [-0.15, -0.1) is 0 Å². The fraction of sp³-hybridized carbons (Fsp3) is 0.444. The molecule has 0 unspecified atom stereocenters. The van der Waals surface area contributed by atoms with Crippen molar-refractivity contribution in [2.24, 2.45) is 0 Å². The molecule has 0 amide bonds. The van der Waals surface area contributed by atoms with Gasteiger partial charge in [-0.3, -0.25) is 0 Å². The Kier molecular flexibility index (Phi) is 1.47. The molecule has 1 aliphatic carbocycles. The van der Waals surface area contributed by atoms with E-state index in [-0.39, 0.29) is 0 Å². The summed E-state index contributed by atoms with van der Waals surface area (Å²) in [6.45, 7) is 1.88. The van der Waals surface area contributed by atoms with Crippen LogP contribution in [-0.4, -0.2) is 26.0 Å². The summed E-state index contributed by atoms with van der Waals surface area (Å²) in [7, 11) is 0. The number of H-pyrrole nitrogens is 1. The molecule has 14 heavy (non-hydrogen) atoms. The van der Waals surface area contributed by atoms with Gasteiger partial charge in [0.15, 0.2) is 11.5 Å². The Morgan fingerprint density at radius 3 is 3.07 bits per heavy atom. The van der Waals surface area contributed by atoms with Crippen LogP contribution in [0.2, 0.25) is 0 Å². The first-order valence-electron chi connectivity index (χ1n) is 4.77. The SMILES string of the molecule is Cc1nc(NC2CC2)c2[nH]cnc2n1. The molecule has 2 N–H and O–H groups in total. The van der Waals surface area contributed by atoms with Crippen LogP contribution in [0.25, 0.3) is 11.2 Å². The Balaban J connectivity index is 2.13. The van der Waals surface area contributed by atoms with Gasteiger partial charge >= 0.3 is 0 Å². The van der Waals surface area contributed by atoms with Gasteiger partial charge in [-0.05, 0) is 19.8 Å². The number of nitrogens with one attached hydrogen (secondary N) is 2. The Morgan fingerprint density at radius 1 is 1.43 bits per heavy atom. The zero-order chi connectivity index (χ0) is 9.54. The minimum absolute atomic E-state index is 0.593. The van der Waals surface area contributed by atoms with Crippen molar-refractivity contribution in [1.29, 1.82) is 0 Å². The van der Waals surface area contributed by atoms with Crippen molar-refractivity contribution in [2.75, 3.05) is 5.32 Å². The number of aromatic amines is 1. The molecule has 72 valence electrons. The van der Waals surface area contributed by atoms with Crippen molar-refractivity contribution < 1.29 is 0 Å². The lowest BCUT2D eigenvalue weighted by Gasteiger charge is -2.04. The lowest BCUT2D eigenvalue weighted by molar-refractivity contribution is 1.04. The van der Waals surface area contributed by atoms with Crippen LogP contribution in [0.3, 0.4) is 0 Å². The average Bonchev–Trinajstić information content (AvgIpc) is 2.81. The maximum absolute atomic E-state index is 4.36. The summed E-state index contributed by atoms with van der Waals surface area (Å²) in [5, 5.41) is 3.36. The van der Waals surface area contributed by atoms with E-state index in [4.69, 9.17) is 0 Å². The number of aryl methyl sites for hydroxylation is 1. The van der Waals surface area contributed by atoms with E-state index in [0.29, 0.717) is 6.04 Å². The molecule has 2 heterocycles. The highest BCUT2D eigenvalue weighted by Gasteiger charge is 2.22. The third-order valence-corrected chi connectivity index (χ3v) is 2.32. The molecule has 0 bridgehead atoms.